The maximum atomic E-state index is 13.4. The van der Waals surface area contributed by atoms with Crippen LogP contribution in [0.25, 0.3) is 0 Å². The summed E-state index contributed by atoms with van der Waals surface area (Å²) < 4.78 is 24.4. The van der Waals surface area contributed by atoms with Gasteiger partial charge in [-0.1, -0.05) is 24.6 Å². The zero-order valence-electron chi connectivity index (χ0n) is 23.0. The number of aliphatic hydroxyl groups is 1. The van der Waals surface area contributed by atoms with Gasteiger partial charge in [-0.15, -0.1) is 12.6 Å². The number of ether oxygens (including phenoxy) is 1. The van der Waals surface area contributed by atoms with Crippen molar-refractivity contribution in [1.82, 2.24) is 5.16 Å². The Bertz CT molecular complexity index is 1470. The maximum Gasteiger partial charge on any atom is 0.378 e. The number of benzene rings is 1. The smallest absolute Gasteiger partial charge is 0.378 e. The highest BCUT2D eigenvalue weighted by Crippen LogP contribution is 2.68. The number of fused-ring (bicyclic) bond motifs is 5. The molecule has 8 nitrogen and oxygen atoms in total. The van der Waals surface area contributed by atoms with Crippen LogP contribution < -0.4 is 5.73 Å². The van der Waals surface area contributed by atoms with Crippen LogP contribution in [0.2, 0.25) is 0 Å². The van der Waals surface area contributed by atoms with Gasteiger partial charge in [-0.3, -0.25) is 4.79 Å². The molecule has 1 aromatic heterocycles. The molecule has 6 rings (SSSR count). The second kappa shape index (κ2) is 9.94. The minimum atomic E-state index is -1.49. The molecule has 3 fully saturated rings. The van der Waals surface area contributed by atoms with Crippen molar-refractivity contribution in [2.24, 2.45) is 39.3 Å². The molecule has 4 aliphatic rings. The van der Waals surface area contributed by atoms with Gasteiger partial charge in [0.1, 0.15) is 5.82 Å². The molecule has 0 radical (unpaired) electrons. The van der Waals surface area contributed by atoms with Crippen LogP contribution in [-0.2, 0) is 9.53 Å². The summed E-state index contributed by atoms with van der Waals surface area (Å²) in [6, 6.07) is 7.43. The first-order valence-electron chi connectivity index (χ1n) is 14.0. The number of nitrogens with zero attached hydrogens (tertiary/aromatic N) is 2. The van der Waals surface area contributed by atoms with Crippen LogP contribution in [0.4, 0.5) is 10.1 Å². The minimum absolute atomic E-state index is 0.0347. The predicted molar refractivity (Wildman–Crippen MR) is 153 cm³/mol. The lowest BCUT2D eigenvalue weighted by Gasteiger charge is -2.60. The Morgan fingerprint density at radius 3 is 2.66 bits per heavy atom. The Kier molecular flexibility index (Phi) is 6.77. The number of rotatable bonds is 4. The molecule has 0 amide bonds. The fraction of sp³-hybridized carbons (Fsp3) is 0.484. The van der Waals surface area contributed by atoms with E-state index in [0.717, 1.165) is 24.1 Å². The molecule has 3 N–H and O–H groups in total. The second-order valence-electron chi connectivity index (χ2n) is 12.4. The first-order valence-corrected chi connectivity index (χ1v) is 14.5. The summed E-state index contributed by atoms with van der Waals surface area (Å²) in [6.07, 6.45) is 7.77. The average Bonchev–Trinajstić information content (AvgIpc) is 3.57. The van der Waals surface area contributed by atoms with Crippen LogP contribution in [0.1, 0.15) is 62.9 Å². The third-order valence-corrected chi connectivity index (χ3v) is 10.9. The average molecular weight is 580 g/mol. The van der Waals surface area contributed by atoms with Crippen molar-refractivity contribution < 1.29 is 28.3 Å². The molecule has 41 heavy (non-hydrogen) atoms. The Balaban J connectivity index is 1.34. The zero-order valence-corrected chi connectivity index (χ0v) is 23.9. The Morgan fingerprint density at radius 2 is 2.00 bits per heavy atom. The lowest BCUT2D eigenvalue weighted by Crippen LogP contribution is -2.62. The van der Waals surface area contributed by atoms with E-state index in [1.807, 2.05) is 6.92 Å². The highest BCUT2D eigenvalue weighted by Gasteiger charge is 2.70. The van der Waals surface area contributed by atoms with Crippen LogP contribution in [0.3, 0.4) is 0 Å². The molecule has 0 spiro atoms. The number of hydrogen-bond donors (Lipinski definition) is 3. The molecule has 0 bridgehead atoms. The van der Waals surface area contributed by atoms with Crippen molar-refractivity contribution in [2.45, 2.75) is 64.1 Å². The lowest BCUT2D eigenvalue weighted by molar-refractivity contribution is -0.174. The largest absolute Gasteiger partial charge is 0.444 e. The first-order chi connectivity index (χ1) is 19.5. The van der Waals surface area contributed by atoms with Crippen LogP contribution in [-0.4, -0.2) is 38.8 Å². The SMILES string of the molecule is C[C@]12CC(=CN)C(=Nc3ccc(F)cc3)C=C1CC[C@@H]1[C@@H]2[C@@H](O)C[C@@]2(C)[C@H]1CC[C@]2(OC(=O)c1ccno1)C(=O)S. The fourth-order valence-corrected chi connectivity index (χ4v) is 9.08. The number of carbonyl (C=O) groups is 2. The van der Waals surface area contributed by atoms with E-state index >= 15 is 0 Å². The van der Waals surface area contributed by atoms with E-state index in [-0.39, 0.29) is 41.2 Å². The van der Waals surface area contributed by atoms with Gasteiger partial charge >= 0.3 is 5.97 Å². The molecule has 10 heteroatoms. The Morgan fingerprint density at radius 1 is 1.24 bits per heavy atom. The van der Waals surface area contributed by atoms with E-state index in [0.29, 0.717) is 24.9 Å². The van der Waals surface area contributed by atoms with Crippen molar-refractivity contribution in [1.29, 1.82) is 0 Å². The normalized spacial score (nSPS) is 38.1. The van der Waals surface area contributed by atoms with E-state index in [9.17, 15) is 19.1 Å². The molecule has 1 aromatic carbocycles. The second-order valence-corrected chi connectivity index (χ2v) is 12.8. The van der Waals surface area contributed by atoms with Crippen molar-refractivity contribution in [2.75, 3.05) is 0 Å². The van der Waals surface area contributed by atoms with E-state index < -0.39 is 28.2 Å². The molecular formula is C31H34FN3O5S. The number of aliphatic imine (C=N–C) groups is 1. The molecule has 4 aliphatic carbocycles. The van der Waals surface area contributed by atoms with E-state index in [2.05, 4.69) is 30.8 Å². The standard InChI is InChI=1S/C31H34FN3O5S/c1-29-14-17(16-33)23(35-20-6-4-19(32)5-7-20)13-18(29)3-8-21-22-9-11-31(28(38)41,30(22,2)15-24(36)26(21)29)39-27(37)25-10-12-34-40-25/h4-7,10,12-13,16,21-22,24,26,36H,3,8-9,11,14-15,33H2,1-2H3,(H,38,41)/t21-,22-,24-,26+,29-,30-,31-/m0/s1. The molecule has 7 atom stereocenters. The van der Waals surface area contributed by atoms with E-state index in [1.165, 1.54) is 30.0 Å². The molecule has 0 aliphatic heterocycles. The van der Waals surface area contributed by atoms with Gasteiger partial charge in [-0.05, 0) is 104 Å². The van der Waals surface area contributed by atoms with Gasteiger partial charge in [0.25, 0.3) is 0 Å². The third kappa shape index (κ3) is 4.21. The first kappa shape index (κ1) is 27.9. The van der Waals surface area contributed by atoms with Crippen molar-refractivity contribution >= 4 is 35.1 Å². The lowest BCUT2D eigenvalue weighted by atomic mass is 9.45. The quantitative estimate of drug-likeness (QED) is 0.330. The molecule has 0 saturated heterocycles. The number of aromatic nitrogens is 1. The summed E-state index contributed by atoms with van der Waals surface area (Å²) >= 11 is 4.23. The van der Waals surface area contributed by atoms with Crippen LogP contribution in [0, 0.1) is 34.4 Å². The van der Waals surface area contributed by atoms with Gasteiger partial charge in [0.05, 0.1) is 23.7 Å². The van der Waals surface area contributed by atoms with Gasteiger partial charge in [-0.2, -0.15) is 0 Å². The van der Waals surface area contributed by atoms with Gasteiger partial charge < -0.3 is 20.1 Å². The molecule has 3 saturated carbocycles. The van der Waals surface area contributed by atoms with Crippen molar-refractivity contribution in [3.05, 3.63) is 71.5 Å². The van der Waals surface area contributed by atoms with Gasteiger partial charge in [-0.25, -0.2) is 14.2 Å². The topological polar surface area (TPSA) is 128 Å². The maximum absolute atomic E-state index is 13.4. The Hall–Kier alpha value is -3.24. The highest BCUT2D eigenvalue weighted by atomic mass is 32.1. The molecule has 216 valence electrons. The minimum Gasteiger partial charge on any atom is -0.444 e. The number of thiol groups is 1. The number of nitrogens with two attached hydrogens (primary N) is 1. The van der Waals surface area contributed by atoms with Crippen molar-refractivity contribution in [3.63, 3.8) is 0 Å². The van der Waals surface area contributed by atoms with Gasteiger partial charge in [0.15, 0.2) is 5.60 Å². The monoisotopic (exact) mass is 579 g/mol. The number of allylic oxidation sites excluding steroid dienone is 3. The summed E-state index contributed by atoms with van der Waals surface area (Å²) in [6.45, 7) is 4.15. The summed E-state index contributed by atoms with van der Waals surface area (Å²) in [4.78, 5) is 30.9. The highest BCUT2D eigenvalue weighted by molar-refractivity contribution is 7.96. The molecule has 2 aromatic rings. The summed E-state index contributed by atoms with van der Waals surface area (Å²) in [7, 11) is 0. The zero-order chi connectivity index (χ0) is 29.2. The molecule has 0 unspecified atom stereocenters. The van der Waals surface area contributed by atoms with Crippen LogP contribution in [0.15, 0.2) is 69.5 Å². The summed E-state index contributed by atoms with van der Waals surface area (Å²) in [5.41, 5.74) is 6.91. The van der Waals surface area contributed by atoms with Crippen molar-refractivity contribution in [3.8, 4) is 0 Å². The number of carbonyl (C=O) groups excluding carboxylic acids is 2. The Labute approximate surface area is 243 Å². The number of aliphatic hydroxyl groups excluding tert-OH is 1. The van der Waals surface area contributed by atoms with E-state index in [4.69, 9.17) is 20.0 Å². The number of hydrogen-bond acceptors (Lipinski definition) is 8. The third-order valence-electron chi connectivity index (χ3n) is 10.5. The van der Waals surface area contributed by atoms with Crippen LogP contribution >= 0.6 is 12.6 Å². The summed E-state index contributed by atoms with van der Waals surface area (Å²) in [5.74, 6) is -1.12. The molecular weight excluding hydrogens is 545 g/mol. The number of esters is 1. The van der Waals surface area contributed by atoms with E-state index in [1.54, 1.807) is 18.3 Å². The predicted octanol–water partition coefficient (Wildman–Crippen LogP) is 5.32. The number of halogens is 1. The summed E-state index contributed by atoms with van der Waals surface area (Å²) in [5, 5.41) is 15.0. The van der Waals surface area contributed by atoms with Gasteiger partial charge in [0, 0.05) is 11.5 Å². The fourth-order valence-electron chi connectivity index (χ4n) is 8.67. The van der Waals surface area contributed by atoms with Crippen LogP contribution in [0.5, 0.6) is 0 Å². The van der Waals surface area contributed by atoms with Gasteiger partial charge in [0.2, 0.25) is 10.9 Å². The molecule has 1 heterocycles.